The Morgan fingerprint density at radius 1 is 1.09 bits per heavy atom. The molecule has 0 amide bonds. The van der Waals surface area contributed by atoms with Crippen molar-refractivity contribution in [3.8, 4) is 10.4 Å². The molecule has 0 radical (unpaired) electrons. The molecule has 0 aliphatic carbocycles. The molecule has 0 atom stereocenters. The summed E-state index contributed by atoms with van der Waals surface area (Å²) in [6.07, 6.45) is 10.9. The third kappa shape index (κ3) is 6.74. The van der Waals surface area contributed by atoms with Gasteiger partial charge in [0.15, 0.2) is 0 Å². The number of terminal acetylenes is 1. The van der Waals surface area contributed by atoms with Crippen LogP contribution in [-0.4, -0.2) is 19.8 Å². The Morgan fingerprint density at radius 3 is 1.82 bits per heavy atom. The first kappa shape index (κ1) is 11.4. The summed E-state index contributed by atoms with van der Waals surface area (Å²) in [7, 11) is 0. The Balaban J connectivity index is 3.35. The molecular weight excluding hydrogens is 239 g/mol. The van der Waals surface area contributed by atoms with E-state index in [2.05, 4.69) is 17.8 Å². The molecular formula is C10H20Sn. The fourth-order valence-electron chi connectivity index (χ4n) is 1.21. The number of hydrogen-bond donors (Lipinski definition) is 0. The van der Waals surface area contributed by atoms with E-state index in [0.29, 0.717) is 0 Å². The molecule has 0 unspecified atom stereocenters. The van der Waals surface area contributed by atoms with Crippen molar-refractivity contribution in [3.63, 3.8) is 0 Å². The predicted octanol–water partition coefficient (Wildman–Crippen LogP) is 2.99. The van der Waals surface area contributed by atoms with E-state index in [0.717, 1.165) is 0 Å². The van der Waals surface area contributed by atoms with Crippen molar-refractivity contribution in [1.82, 2.24) is 0 Å². The summed E-state index contributed by atoms with van der Waals surface area (Å²) in [5, 5.41) is 0. The van der Waals surface area contributed by atoms with Gasteiger partial charge in [-0.05, 0) is 0 Å². The van der Waals surface area contributed by atoms with Gasteiger partial charge in [0.05, 0.1) is 0 Å². The van der Waals surface area contributed by atoms with Gasteiger partial charge in [0.25, 0.3) is 0 Å². The average molecular weight is 259 g/mol. The zero-order chi connectivity index (χ0) is 8.53. The van der Waals surface area contributed by atoms with E-state index in [4.69, 9.17) is 6.42 Å². The van der Waals surface area contributed by atoms with Crippen LogP contribution in [0.15, 0.2) is 0 Å². The molecule has 64 valence electrons. The summed E-state index contributed by atoms with van der Waals surface area (Å²) in [5.74, 6) is 0. The molecule has 0 heterocycles. The van der Waals surface area contributed by atoms with Crippen molar-refractivity contribution in [1.29, 1.82) is 0 Å². The zero-order valence-corrected chi connectivity index (χ0v) is 11.2. The second kappa shape index (κ2) is 8.46. The first-order valence-electron chi connectivity index (χ1n) is 4.81. The Labute approximate surface area is 78.5 Å². The molecule has 0 aromatic carbocycles. The summed E-state index contributed by atoms with van der Waals surface area (Å²) >= 11 is -1.37. The summed E-state index contributed by atoms with van der Waals surface area (Å²) in [4.78, 5) is 0. The molecule has 0 nitrogen and oxygen atoms in total. The van der Waals surface area contributed by atoms with Gasteiger partial charge >= 0.3 is 78.5 Å². The molecule has 0 saturated carbocycles. The van der Waals surface area contributed by atoms with E-state index >= 15 is 0 Å². The van der Waals surface area contributed by atoms with E-state index in [1.807, 2.05) is 0 Å². The molecule has 11 heavy (non-hydrogen) atoms. The van der Waals surface area contributed by atoms with Crippen molar-refractivity contribution >= 4 is 19.8 Å². The van der Waals surface area contributed by atoms with Crippen LogP contribution in [0.3, 0.4) is 0 Å². The predicted molar refractivity (Wildman–Crippen MR) is 55.4 cm³/mol. The van der Waals surface area contributed by atoms with Crippen LogP contribution in [0, 0.1) is 10.4 Å². The summed E-state index contributed by atoms with van der Waals surface area (Å²) in [6, 6.07) is 0. The monoisotopic (exact) mass is 260 g/mol. The summed E-state index contributed by atoms with van der Waals surface area (Å²) in [6.45, 7) is 4.50. The van der Waals surface area contributed by atoms with Crippen LogP contribution in [0.4, 0.5) is 0 Å². The standard InChI is InChI=1S/2C4H9.C2H.Sn.H/c2*1-3-4-2;1-2;;/h2*1,3-4H2,2H3;1H;;. The molecule has 0 spiro atoms. The Hall–Kier alpha value is 0.359. The first-order valence-corrected chi connectivity index (χ1v) is 11.1. The molecule has 1 heteroatoms. The van der Waals surface area contributed by atoms with Crippen LogP contribution < -0.4 is 0 Å². The van der Waals surface area contributed by atoms with Gasteiger partial charge in [0, 0.05) is 0 Å². The number of hydrogen-bond acceptors (Lipinski definition) is 0. The molecule has 0 saturated heterocycles. The third-order valence-corrected chi connectivity index (χ3v) is 9.70. The molecule has 0 N–H and O–H groups in total. The maximum absolute atomic E-state index is 5.50. The maximum atomic E-state index is 5.50. The summed E-state index contributed by atoms with van der Waals surface area (Å²) in [5.41, 5.74) is 0. The quantitative estimate of drug-likeness (QED) is 0.508. The van der Waals surface area contributed by atoms with Crippen molar-refractivity contribution in [2.45, 2.75) is 48.4 Å². The number of unbranched alkanes of at least 4 members (excludes halogenated alkanes) is 2. The van der Waals surface area contributed by atoms with Crippen LogP contribution in [-0.2, 0) is 0 Å². The third-order valence-electron chi connectivity index (χ3n) is 2.05. The van der Waals surface area contributed by atoms with Gasteiger partial charge in [-0.1, -0.05) is 0 Å². The van der Waals surface area contributed by atoms with E-state index in [1.54, 1.807) is 0 Å². The Morgan fingerprint density at radius 2 is 1.55 bits per heavy atom. The Bertz CT molecular complexity index is 105. The minimum absolute atomic E-state index is 1.32. The minimum atomic E-state index is -1.37. The Kier molecular flexibility index (Phi) is 8.73. The molecule has 0 aromatic heterocycles. The topological polar surface area (TPSA) is 0 Å². The molecule has 0 fully saturated rings. The second-order valence-electron chi connectivity index (χ2n) is 3.15. The van der Waals surface area contributed by atoms with Gasteiger partial charge < -0.3 is 0 Å². The van der Waals surface area contributed by atoms with E-state index in [9.17, 15) is 0 Å². The van der Waals surface area contributed by atoms with Crippen molar-refractivity contribution in [2.75, 3.05) is 0 Å². The average Bonchev–Trinajstić information content (AvgIpc) is 2.05. The fourth-order valence-corrected chi connectivity index (χ4v) is 8.13. The van der Waals surface area contributed by atoms with Crippen molar-refractivity contribution in [3.05, 3.63) is 0 Å². The van der Waals surface area contributed by atoms with Gasteiger partial charge in [-0.15, -0.1) is 0 Å². The normalized spacial score (nSPS) is 10.0. The van der Waals surface area contributed by atoms with Gasteiger partial charge in [-0.2, -0.15) is 0 Å². The molecule has 0 aliphatic heterocycles. The molecule has 0 rings (SSSR count). The van der Waals surface area contributed by atoms with Crippen LogP contribution in [0.5, 0.6) is 0 Å². The second-order valence-corrected chi connectivity index (χ2v) is 11.4. The van der Waals surface area contributed by atoms with Crippen molar-refractivity contribution < 1.29 is 0 Å². The van der Waals surface area contributed by atoms with Crippen LogP contribution in [0.2, 0.25) is 8.87 Å². The summed E-state index contributed by atoms with van der Waals surface area (Å²) < 4.78 is 5.96. The molecule has 0 aromatic rings. The van der Waals surface area contributed by atoms with Gasteiger partial charge in [-0.25, -0.2) is 0 Å². The number of rotatable bonds is 6. The van der Waals surface area contributed by atoms with Crippen LogP contribution >= 0.6 is 0 Å². The van der Waals surface area contributed by atoms with Crippen LogP contribution in [0.25, 0.3) is 0 Å². The molecule has 0 aliphatic rings. The fraction of sp³-hybridized carbons (Fsp3) is 0.800. The zero-order valence-electron chi connectivity index (χ0n) is 7.90. The van der Waals surface area contributed by atoms with Gasteiger partial charge in [-0.3, -0.25) is 0 Å². The van der Waals surface area contributed by atoms with E-state index in [1.165, 1.54) is 34.6 Å². The van der Waals surface area contributed by atoms with Gasteiger partial charge in [0.1, 0.15) is 0 Å². The SMILES string of the molecule is C#[C][SnH]([CH2]CCC)[CH2]CCC. The molecule has 0 bridgehead atoms. The first-order chi connectivity index (χ1) is 5.35. The van der Waals surface area contributed by atoms with Gasteiger partial charge in [0.2, 0.25) is 0 Å². The van der Waals surface area contributed by atoms with Crippen LogP contribution in [0.1, 0.15) is 39.5 Å². The van der Waals surface area contributed by atoms with Crippen molar-refractivity contribution in [2.24, 2.45) is 0 Å². The van der Waals surface area contributed by atoms with E-state index < -0.39 is 19.8 Å². The van der Waals surface area contributed by atoms with E-state index in [-0.39, 0.29) is 0 Å².